The summed E-state index contributed by atoms with van der Waals surface area (Å²) in [4.78, 5) is 32.9. The number of hydrogen-bond donors (Lipinski definition) is 0. The monoisotopic (exact) mass is 592 g/mol. The predicted molar refractivity (Wildman–Crippen MR) is 147 cm³/mol. The molecular formula is C28H35ClF2N6O4. The molecule has 41 heavy (non-hydrogen) atoms. The first kappa shape index (κ1) is 27.1. The lowest BCUT2D eigenvalue weighted by molar-refractivity contribution is 0.00636. The van der Waals surface area contributed by atoms with Crippen LogP contribution in [0.25, 0.3) is 10.9 Å². The van der Waals surface area contributed by atoms with E-state index in [9.17, 15) is 9.18 Å². The summed E-state index contributed by atoms with van der Waals surface area (Å²) < 4.78 is 47.8. The molecule has 2 aromatic rings. The van der Waals surface area contributed by atoms with Gasteiger partial charge >= 0.3 is 12.1 Å². The summed E-state index contributed by atoms with van der Waals surface area (Å²) in [6, 6.07) is -0.367. The van der Waals surface area contributed by atoms with Crippen molar-refractivity contribution in [3.05, 3.63) is 11.0 Å². The number of halogens is 3. The Bertz CT molecular complexity index is 1390. The minimum atomic E-state index is -0.899. The third kappa shape index (κ3) is 4.52. The molecule has 5 aliphatic rings. The van der Waals surface area contributed by atoms with Gasteiger partial charge in [0, 0.05) is 25.9 Å². The SMILES string of the molecule is CC(C)(C)OC(=O)N1[C@@H]2CC[C@H]1[C@H]1CCOc3nc(Cl)c(F)c4nc(OC[C@@]56CCCN5C[C@H](F)C6)nc(c34)N1C2. The number of pyridine rings is 1. The van der Waals surface area contributed by atoms with Gasteiger partial charge in [-0.2, -0.15) is 15.0 Å². The van der Waals surface area contributed by atoms with Crippen LogP contribution in [0.5, 0.6) is 11.9 Å². The van der Waals surface area contributed by atoms with Crippen LogP contribution in [0.4, 0.5) is 19.4 Å². The first-order valence-corrected chi connectivity index (χ1v) is 14.9. The molecule has 1 amide bonds. The summed E-state index contributed by atoms with van der Waals surface area (Å²) in [5, 5.41) is -0.00826. The van der Waals surface area contributed by atoms with E-state index < -0.39 is 23.1 Å². The Morgan fingerprint density at radius 1 is 1.17 bits per heavy atom. The number of rotatable bonds is 3. The van der Waals surface area contributed by atoms with Crippen LogP contribution >= 0.6 is 11.6 Å². The molecule has 0 spiro atoms. The van der Waals surface area contributed by atoms with Gasteiger partial charge < -0.3 is 19.1 Å². The number of aromatic nitrogens is 3. The third-order valence-electron chi connectivity index (χ3n) is 9.23. The maximum absolute atomic E-state index is 15.5. The molecule has 4 saturated heterocycles. The van der Waals surface area contributed by atoms with E-state index >= 15 is 4.39 Å². The molecule has 7 rings (SSSR count). The number of ether oxygens (including phenoxy) is 3. The molecule has 0 aromatic carbocycles. The lowest BCUT2D eigenvalue weighted by Gasteiger charge is -2.48. The Morgan fingerprint density at radius 3 is 2.80 bits per heavy atom. The van der Waals surface area contributed by atoms with E-state index in [4.69, 9.17) is 30.8 Å². The van der Waals surface area contributed by atoms with Crippen LogP contribution in [0.1, 0.15) is 59.3 Å². The number of amides is 1. The molecule has 0 N–H and O–H groups in total. The van der Waals surface area contributed by atoms with Crippen molar-refractivity contribution in [2.45, 2.75) is 94.7 Å². The van der Waals surface area contributed by atoms with E-state index in [0.29, 0.717) is 43.7 Å². The Balaban J connectivity index is 1.27. The van der Waals surface area contributed by atoms with Crippen LogP contribution in [0.15, 0.2) is 0 Å². The quantitative estimate of drug-likeness (QED) is 0.477. The van der Waals surface area contributed by atoms with Gasteiger partial charge in [-0.05, 0) is 53.0 Å². The number of alkyl halides is 1. The van der Waals surface area contributed by atoms with E-state index in [0.717, 1.165) is 32.2 Å². The number of hydrogen-bond acceptors (Lipinski definition) is 9. The molecule has 5 aliphatic heterocycles. The lowest BCUT2D eigenvalue weighted by atomic mass is 9.95. The van der Waals surface area contributed by atoms with Crippen LogP contribution in [0.2, 0.25) is 5.15 Å². The van der Waals surface area contributed by atoms with E-state index in [1.165, 1.54) is 0 Å². The summed E-state index contributed by atoms with van der Waals surface area (Å²) in [5.74, 6) is -0.158. The van der Waals surface area contributed by atoms with E-state index in [1.807, 2.05) is 25.7 Å². The Morgan fingerprint density at radius 2 is 2.00 bits per heavy atom. The first-order chi connectivity index (χ1) is 19.5. The lowest BCUT2D eigenvalue weighted by Crippen LogP contribution is -2.62. The second kappa shape index (κ2) is 9.65. The molecule has 0 saturated carbocycles. The normalized spacial score (nSPS) is 31.0. The highest BCUT2D eigenvalue weighted by molar-refractivity contribution is 6.30. The average Bonchev–Trinajstić information content (AvgIpc) is 3.53. The highest BCUT2D eigenvalue weighted by Gasteiger charge is 2.52. The van der Waals surface area contributed by atoms with E-state index in [1.54, 1.807) is 0 Å². The van der Waals surface area contributed by atoms with Crippen LogP contribution in [-0.4, -0.2) is 99.1 Å². The maximum Gasteiger partial charge on any atom is 0.410 e. The van der Waals surface area contributed by atoms with Crippen LogP contribution in [0, 0.1) is 5.82 Å². The standard InChI is InChI=1S/C28H35ClF2N6O4/c1-27(2,3)41-26(38)37-16-5-6-18(37)17-7-10-39-24-19-21(20(31)22(29)33-24)32-25(34-23(19)36(17)13-16)40-14-28-8-4-9-35(28)12-15(30)11-28/h15-18H,4-14H2,1-3H3/t15-,16-,17-,18+,28+/m1/s1. The van der Waals surface area contributed by atoms with Crippen LogP contribution < -0.4 is 14.4 Å². The van der Waals surface area contributed by atoms with E-state index in [-0.39, 0.29) is 53.4 Å². The molecule has 2 bridgehead atoms. The van der Waals surface area contributed by atoms with Crippen molar-refractivity contribution >= 4 is 34.4 Å². The fraction of sp³-hybridized carbons (Fsp3) is 0.714. The van der Waals surface area contributed by atoms with Gasteiger partial charge in [-0.3, -0.25) is 9.80 Å². The van der Waals surface area contributed by atoms with Crippen molar-refractivity contribution in [3.63, 3.8) is 0 Å². The second-order valence-electron chi connectivity index (χ2n) is 13.0. The van der Waals surface area contributed by atoms with Gasteiger partial charge in [0.1, 0.15) is 35.1 Å². The zero-order chi connectivity index (χ0) is 28.7. The number of nitrogens with zero attached hydrogens (tertiary/aromatic N) is 6. The van der Waals surface area contributed by atoms with Gasteiger partial charge in [-0.15, -0.1) is 0 Å². The predicted octanol–water partition coefficient (Wildman–Crippen LogP) is 4.51. The maximum atomic E-state index is 15.5. The molecule has 2 aromatic heterocycles. The number of anilines is 1. The summed E-state index contributed by atoms with van der Waals surface area (Å²) in [7, 11) is 0. The minimum absolute atomic E-state index is 0.00407. The van der Waals surface area contributed by atoms with Crippen molar-refractivity contribution < 1.29 is 27.8 Å². The molecule has 0 radical (unpaired) electrons. The zero-order valence-electron chi connectivity index (χ0n) is 23.5. The Kier molecular flexibility index (Phi) is 6.39. The van der Waals surface area contributed by atoms with Crippen molar-refractivity contribution in [1.29, 1.82) is 0 Å². The van der Waals surface area contributed by atoms with E-state index in [2.05, 4.69) is 19.8 Å². The van der Waals surface area contributed by atoms with Crippen molar-refractivity contribution in [3.8, 4) is 11.9 Å². The molecular weight excluding hydrogens is 558 g/mol. The third-order valence-corrected chi connectivity index (χ3v) is 9.48. The molecule has 10 nitrogen and oxygen atoms in total. The molecule has 7 heterocycles. The number of carbonyl (C=O) groups excluding carboxylic acids is 1. The van der Waals surface area contributed by atoms with Crippen LogP contribution in [-0.2, 0) is 4.74 Å². The molecule has 0 aliphatic carbocycles. The molecule has 4 fully saturated rings. The number of fused-ring (bicyclic) bond motifs is 6. The van der Waals surface area contributed by atoms with Crippen molar-refractivity contribution in [2.24, 2.45) is 0 Å². The summed E-state index contributed by atoms with van der Waals surface area (Å²) in [6.07, 6.45) is 3.19. The highest BCUT2D eigenvalue weighted by atomic mass is 35.5. The summed E-state index contributed by atoms with van der Waals surface area (Å²) in [5.41, 5.74) is -1.05. The fourth-order valence-corrected chi connectivity index (χ4v) is 7.77. The van der Waals surface area contributed by atoms with Gasteiger partial charge in [-0.25, -0.2) is 13.6 Å². The summed E-state index contributed by atoms with van der Waals surface area (Å²) in [6.45, 7) is 7.80. The second-order valence-corrected chi connectivity index (χ2v) is 13.3. The molecule has 5 atom stereocenters. The average molecular weight is 593 g/mol. The van der Waals surface area contributed by atoms with Gasteiger partial charge in [0.05, 0.1) is 30.3 Å². The Labute approximate surface area is 242 Å². The minimum Gasteiger partial charge on any atom is -0.477 e. The van der Waals surface area contributed by atoms with Crippen molar-refractivity contribution in [1.82, 2.24) is 24.8 Å². The molecule has 13 heteroatoms. The van der Waals surface area contributed by atoms with Gasteiger partial charge in [-0.1, -0.05) is 11.6 Å². The fourth-order valence-electron chi connectivity index (χ4n) is 7.61. The first-order valence-electron chi connectivity index (χ1n) is 14.5. The van der Waals surface area contributed by atoms with Gasteiger partial charge in [0.15, 0.2) is 11.0 Å². The van der Waals surface area contributed by atoms with Crippen LogP contribution in [0.3, 0.4) is 0 Å². The van der Waals surface area contributed by atoms with Crippen molar-refractivity contribution in [2.75, 3.05) is 37.7 Å². The number of piperazine rings is 1. The van der Waals surface area contributed by atoms with Gasteiger partial charge in [0.25, 0.3) is 0 Å². The topological polar surface area (TPSA) is 93.1 Å². The largest absolute Gasteiger partial charge is 0.477 e. The van der Waals surface area contributed by atoms with Gasteiger partial charge in [0.2, 0.25) is 5.88 Å². The molecule has 0 unspecified atom stereocenters. The summed E-state index contributed by atoms with van der Waals surface area (Å²) >= 11 is 6.18. The highest BCUT2D eigenvalue weighted by Crippen LogP contribution is 2.45. The Hall–Kier alpha value is -2.73. The smallest absolute Gasteiger partial charge is 0.410 e. The molecule has 222 valence electrons. The number of carbonyl (C=O) groups is 1. The zero-order valence-corrected chi connectivity index (χ0v) is 24.3.